The van der Waals surface area contributed by atoms with Gasteiger partial charge in [0.15, 0.2) is 0 Å². The second-order valence-corrected chi connectivity index (χ2v) is 7.39. The number of hydrogen-bond donors (Lipinski definition) is 2. The number of hydrogen-bond acceptors (Lipinski definition) is 4. The lowest BCUT2D eigenvalue weighted by molar-refractivity contribution is -0.140. The molecule has 0 amide bonds. The Morgan fingerprint density at radius 2 is 2.00 bits per heavy atom. The summed E-state index contributed by atoms with van der Waals surface area (Å²) in [7, 11) is -2.69. The lowest BCUT2D eigenvalue weighted by Crippen LogP contribution is -2.43. The average molecular weight is 431 g/mol. The Morgan fingerprint density at radius 1 is 1.40 bits per heavy atom. The first-order valence-corrected chi connectivity index (χ1v) is 8.45. The van der Waals surface area contributed by atoms with Gasteiger partial charge in [-0.05, 0) is 40.5 Å². The minimum Gasteiger partial charge on any atom is -0.480 e. The molecule has 6 nitrogen and oxygen atoms in total. The molecule has 1 aromatic rings. The number of halogens is 2. The predicted octanol–water partition coefficient (Wildman–Crippen LogP) is 1.90. The van der Waals surface area contributed by atoms with E-state index in [0.29, 0.717) is 8.95 Å². The number of sulfonamides is 1. The van der Waals surface area contributed by atoms with Crippen molar-refractivity contribution in [1.29, 1.82) is 0 Å². The number of carbonyl (C=O) groups is 1. The van der Waals surface area contributed by atoms with Crippen LogP contribution in [0, 0.1) is 6.92 Å². The summed E-state index contributed by atoms with van der Waals surface area (Å²) in [6, 6.07) is 1.69. The van der Waals surface area contributed by atoms with E-state index < -0.39 is 22.0 Å². The van der Waals surface area contributed by atoms with Crippen LogP contribution >= 0.6 is 31.9 Å². The van der Waals surface area contributed by atoms with Crippen LogP contribution in [0.15, 0.2) is 26.0 Å². The Kier molecular flexibility index (Phi) is 6.14. The summed E-state index contributed by atoms with van der Waals surface area (Å²) in [5, 5.41) is 8.95. The number of ether oxygens (including phenoxy) is 1. The van der Waals surface area contributed by atoms with Crippen LogP contribution in [0.5, 0.6) is 0 Å². The topological polar surface area (TPSA) is 92.7 Å². The van der Waals surface area contributed by atoms with E-state index in [0.717, 1.165) is 5.56 Å². The van der Waals surface area contributed by atoms with Gasteiger partial charge in [0.1, 0.15) is 6.04 Å². The molecule has 0 saturated carbocycles. The minimum absolute atomic E-state index is 0.0441. The highest BCUT2D eigenvalue weighted by Gasteiger charge is 2.27. The van der Waals surface area contributed by atoms with Gasteiger partial charge >= 0.3 is 5.97 Å². The van der Waals surface area contributed by atoms with E-state index >= 15 is 0 Å². The normalized spacial score (nSPS) is 13.2. The van der Waals surface area contributed by atoms with Crippen LogP contribution in [0.4, 0.5) is 0 Å². The number of aryl methyl sites for hydroxylation is 1. The molecule has 0 saturated heterocycles. The second kappa shape index (κ2) is 6.99. The van der Waals surface area contributed by atoms with E-state index in [1.165, 1.54) is 13.2 Å². The number of benzene rings is 1. The molecule has 112 valence electrons. The zero-order chi connectivity index (χ0) is 15.5. The van der Waals surface area contributed by atoms with E-state index in [4.69, 9.17) is 9.84 Å². The summed E-state index contributed by atoms with van der Waals surface area (Å²) in [4.78, 5) is 10.9. The van der Waals surface area contributed by atoms with Gasteiger partial charge in [0.05, 0.1) is 11.5 Å². The molecule has 20 heavy (non-hydrogen) atoms. The lowest BCUT2D eigenvalue weighted by Gasteiger charge is -2.15. The summed E-state index contributed by atoms with van der Waals surface area (Å²) in [5.41, 5.74) is 0.850. The maximum Gasteiger partial charge on any atom is 0.324 e. The van der Waals surface area contributed by atoms with Gasteiger partial charge in [0.2, 0.25) is 10.0 Å². The van der Waals surface area contributed by atoms with Crippen molar-refractivity contribution in [2.75, 3.05) is 13.7 Å². The van der Waals surface area contributed by atoms with Crippen molar-refractivity contribution in [2.24, 2.45) is 0 Å². The van der Waals surface area contributed by atoms with Crippen LogP contribution in [0.25, 0.3) is 0 Å². The summed E-state index contributed by atoms with van der Waals surface area (Å²) >= 11 is 6.41. The van der Waals surface area contributed by atoms with Gasteiger partial charge in [-0.1, -0.05) is 15.9 Å². The van der Waals surface area contributed by atoms with Gasteiger partial charge in [-0.2, -0.15) is 4.72 Å². The molecule has 0 spiro atoms. The molecular weight excluding hydrogens is 418 g/mol. The molecule has 1 rings (SSSR count). The van der Waals surface area contributed by atoms with E-state index in [9.17, 15) is 13.2 Å². The molecule has 1 atom stereocenters. The molecule has 2 N–H and O–H groups in total. The van der Waals surface area contributed by atoms with E-state index in [2.05, 4.69) is 36.6 Å². The summed E-state index contributed by atoms with van der Waals surface area (Å²) < 4.78 is 32.2. The molecule has 0 fully saturated rings. The summed E-state index contributed by atoms with van der Waals surface area (Å²) in [6.07, 6.45) is 0. The molecule has 1 unspecified atom stereocenters. The fraction of sp³-hybridized carbons (Fsp3) is 0.364. The van der Waals surface area contributed by atoms with Crippen LogP contribution in [0.3, 0.4) is 0 Å². The molecule has 0 aliphatic carbocycles. The van der Waals surface area contributed by atoms with Crippen LogP contribution in [-0.2, 0) is 19.6 Å². The Morgan fingerprint density at radius 3 is 2.50 bits per heavy atom. The predicted molar refractivity (Wildman–Crippen MR) is 80.2 cm³/mol. The lowest BCUT2D eigenvalue weighted by atomic mass is 10.2. The van der Waals surface area contributed by atoms with Gasteiger partial charge < -0.3 is 9.84 Å². The standard InChI is InChI=1S/C11H13Br2NO5S/c1-6-3-8(13)10(4-7(6)12)20(17,18)14-9(5-19-2)11(15)16/h3-4,9,14H,5H2,1-2H3,(H,15,16). The maximum atomic E-state index is 12.2. The monoisotopic (exact) mass is 429 g/mol. The van der Waals surface area contributed by atoms with E-state index in [1.807, 2.05) is 6.92 Å². The Bertz CT molecular complexity index is 617. The highest BCUT2D eigenvalue weighted by Crippen LogP contribution is 2.28. The van der Waals surface area contributed by atoms with Crippen LogP contribution < -0.4 is 4.72 Å². The number of methoxy groups -OCH3 is 1. The molecule has 0 aliphatic heterocycles. The van der Waals surface area contributed by atoms with Crippen LogP contribution in [0.2, 0.25) is 0 Å². The van der Waals surface area contributed by atoms with Gasteiger partial charge in [-0.3, -0.25) is 4.79 Å². The first-order chi connectivity index (χ1) is 9.19. The molecule has 0 bridgehead atoms. The van der Waals surface area contributed by atoms with Crippen molar-refractivity contribution in [3.63, 3.8) is 0 Å². The highest BCUT2D eigenvalue weighted by atomic mass is 79.9. The fourth-order valence-corrected chi connectivity index (χ4v) is 4.26. The van der Waals surface area contributed by atoms with Gasteiger partial charge in [0, 0.05) is 16.1 Å². The average Bonchev–Trinajstić information content (AvgIpc) is 2.32. The van der Waals surface area contributed by atoms with Crippen molar-refractivity contribution < 1.29 is 23.1 Å². The summed E-state index contributed by atoms with van der Waals surface area (Å²) in [6.45, 7) is 1.54. The molecule has 0 radical (unpaired) electrons. The third-order valence-electron chi connectivity index (χ3n) is 2.43. The zero-order valence-electron chi connectivity index (χ0n) is 10.7. The van der Waals surface area contributed by atoms with Crippen molar-refractivity contribution in [1.82, 2.24) is 4.72 Å². The van der Waals surface area contributed by atoms with Crippen molar-refractivity contribution in [2.45, 2.75) is 17.9 Å². The Labute approximate surface area is 133 Å². The quantitative estimate of drug-likeness (QED) is 0.718. The van der Waals surface area contributed by atoms with Crippen molar-refractivity contribution in [3.05, 3.63) is 26.6 Å². The first-order valence-electron chi connectivity index (χ1n) is 5.38. The number of carboxylic acids is 1. The third-order valence-corrected chi connectivity index (χ3v) is 5.72. The molecular formula is C11H13Br2NO5S. The molecule has 9 heteroatoms. The number of nitrogens with one attached hydrogen (secondary N) is 1. The van der Waals surface area contributed by atoms with E-state index in [-0.39, 0.29) is 11.5 Å². The molecule has 1 aromatic carbocycles. The zero-order valence-corrected chi connectivity index (χ0v) is 14.7. The van der Waals surface area contributed by atoms with Crippen LogP contribution in [0.1, 0.15) is 5.56 Å². The fourth-order valence-electron chi connectivity index (χ4n) is 1.41. The minimum atomic E-state index is -3.98. The highest BCUT2D eigenvalue weighted by molar-refractivity contribution is 9.11. The van der Waals surface area contributed by atoms with E-state index in [1.54, 1.807) is 6.07 Å². The molecule has 0 aliphatic rings. The molecule has 0 heterocycles. The van der Waals surface area contributed by atoms with Crippen LogP contribution in [-0.4, -0.2) is 39.3 Å². The van der Waals surface area contributed by atoms with Gasteiger partial charge in [-0.25, -0.2) is 8.42 Å². The second-order valence-electron chi connectivity index (χ2n) is 4.00. The Balaban J connectivity index is 3.17. The van der Waals surface area contributed by atoms with Gasteiger partial charge in [-0.15, -0.1) is 0 Å². The first kappa shape index (κ1) is 17.6. The number of rotatable bonds is 6. The molecule has 0 aromatic heterocycles. The van der Waals surface area contributed by atoms with Gasteiger partial charge in [0.25, 0.3) is 0 Å². The number of aliphatic carboxylic acids is 1. The largest absolute Gasteiger partial charge is 0.480 e. The third kappa shape index (κ3) is 4.26. The Hall–Kier alpha value is -0.480. The maximum absolute atomic E-state index is 12.2. The summed E-state index contributed by atoms with van der Waals surface area (Å²) in [5.74, 6) is -1.31. The SMILES string of the molecule is COCC(NS(=O)(=O)c1cc(Br)c(C)cc1Br)C(=O)O. The van der Waals surface area contributed by atoms with Crippen molar-refractivity contribution in [3.8, 4) is 0 Å². The van der Waals surface area contributed by atoms with Crippen molar-refractivity contribution >= 4 is 47.9 Å². The smallest absolute Gasteiger partial charge is 0.324 e. The number of carboxylic acid groups (broad SMARTS) is 1.